The number of ether oxygens (including phenoxy) is 3. The molecule has 7 nitrogen and oxygen atoms in total. The molecule has 3 rings (SSSR count). The van der Waals surface area contributed by atoms with E-state index in [9.17, 15) is 14.4 Å². The molecule has 1 aromatic heterocycles. The molecule has 8 heteroatoms. The number of esters is 2. The average molecular weight is 403 g/mol. The van der Waals surface area contributed by atoms with Gasteiger partial charge in [-0.05, 0) is 43.9 Å². The van der Waals surface area contributed by atoms with E-state index in [1.165, 1.54) is 18.4 Å². The fourth-order valence-corrected chi connectivity index (χ4v) is 4.39. The van der Waals surface area contributed by atoms with Gasteiger partial charge in [0.1, 0.15) is 16.3 Å². The number of carbonyl (C=O) groups is 3. The second-order valence-electron chi connectivity index (χ2n) is 6.11. The normalized spacial score (nSPS) is 12.2. The molecular formula is C20H21NO6S. The number of fused-ring (bicyclic) bond motifs is 1. The van der Waals surface area contributed by atoms with Crippen LogP contribution in [0.15, 0.2) is 24.3 Å². The standard InChI is InChI=1S/C20H21NO6S/c1-3-26-20(24)17-13-8-6-10-15(13)28-18(17)21-16(22)11-27-19(23)12-7-4-5-9-14(12)25-2/h4-5,7,9H,3,6,8,10-11H2,1-2H3,(H,21,22). The van der Waals surface area contributed by atoms with Gasteiger partial charge in [-0.25, -0.2) is 9.59 Å². The lowest BCUT2D eigenvalue weighted by molar-refractivity contribution is -0.119. The number of methoxy groups -OCH3 is 1. The maximum Gasteiger partial charge on any atom is 0.342 e. The molecule has 0 aliphatic heterocycles. The molecule has 2 aromatic rings. The van der Waals surface area contributed by atoms with Crippen LogP contribution in [0.4, 0.5) is 5.00 Å². The summed E-state index contributed by atoms with van der Waals surface area (Å²) in [5.74, 6) is -1.25. The molecule has 1 aliphatic rings. The first-order chi connectivity index (χ1) is 13.5. The van der Waals surface area contributed by atoms with Gasteiger partial charge in [-0.2, -0.15) is 0 Å². The van der Waals surface area contributed by atoms with Crippen molar-refractivity contribution < 1.29 is 28.6 Å². The molecule has 0 radical (unpaired) electrons. The monoisotopic (exact) mass is 403 g/mol. The summed E-state index contributed by atoms with van der Waals surface area (Å²) in [6, 6.07) is 6.60. The summed E-state index contributed by atoms with van der Waals surface area (Å²) in [7, 11) is 1.45. The van der Waals surface area contributed by atoms with Gasteiger partial charge in [0, 0.05) is 4.88 Å². The maximum absolute atomic E-state index is 12.3. The molecule has 0 saturated heterocycles. The van der Waals surface area contributed by atoms with Crippen LogP contribution >= 0.6 is 11.3 Å². The molecule has 0 saturated carbocycles. The first kappa shape index (κ1) is 19.9. The molecule has 0 spiro atoms. The number of amides is 1. The van der Waals surface area contributed by atoms with Gasteiger partial charge in [-0.15, -0.1) is 11.3 Å². The summed E-state index contributed by atoms with van der Waals surface area (Å²) in [4.78, 5) is 37.9. The molecule has 1 aliphatic carbocycles. The summed E-state index contributed by atoms with van der Waals surface area (Å²) in [6.45, 7) is 1.52. The van der Waals surface area contributed by atoms with Crippen molar-refractivity contribution in [1.29, 1.82) is 0 Å². The summed E-state index contributed by atoms with van der Waals surface area (Å²) in [6.07, 6.45) is 2.65. The van der Waals surface area contributed by atoms with Crippen molar-refractivity contribution in [3.8, 4) is 5.75 Å². The number of hydrogen-bond acceptors (Lipinski definition) is 7. The van der Waals surface area contributed by atoms with Crippen LogP contribution in [0.25, 0.3) is 0 Å². The summed E-state index contributed by atoms with van der Waals surface area (Å²) in [5, 5.41) is 3.13. The predicted octanol–water partition coefficient (Wildman–Crippen LogP) is 3.22. The number of rotatable bonds is 7. The van der Waals surface area contributed by atoms with E-state index < -0.39 is 24.5 Å². The summed E-state index contributed by atoms with van der Waals surface area (Å²) in [5.41, 5.74) is 1.61. The lowest BCUT2D eigenvalue weighted by Gasteiger charge is -2.10. The van der Waals surface area contributed by atoms with Crippen molar-refractivity contribution >= 4 is 34.2 Å². The van der Waals surface area contributed by atoms with Crippen LogP contribution in [0, 0.1) is 0 Å². The van der Waals surface area contributed by atoms with Crippen molar-refractivity contribution in [2.24, 2.45) is 0 Å². The predicted molar refractivity (Wildman–Crippen MR) is 104 cm³/mol. The molecule has 0 atom stereocenters. The van der Waals surface area contributed by atoms with Crippen LogP contribution in [-0.4, -0.2) is 38.2 Å². The fraction of sp³-hybridized carbons (Fsp3) is 0.350. The Morgan fingerprint density at radius 1 is 1.11 bits per heavy atom. The molecule has 28 heavy (non-hydrogen) atoms. The van der Waals surface area contributed by atoms with Crippen molar-refractivity contribution in [3.63, 3.8) is 0 Å². The Labute approximate surface area is 166 Å². The van der Waals surface area contributed by atoms with E-state index in [4.69, 9.17) is 14.2 Å². The number of anilines is 1. The van der Waals surface area contributed by atoms with Crippen LogP contribution in [0.5, 0.6) is 5.75 Å². The van der Waals surface area contributed by atoms with E-state index in [2.05, 4.69) is 5.32 Å². The number of thiophene rings is 1. The second-order valence-corrected chi connectivity index (χ2v) is 7.21. The zero-order valence-corrected chi connectivity index (χ0v) is 16.5. The quantitative estimate of drug-likeness (QED) is 0.714. The van der Waals surface area contributed by atoms with Gasteiger partial charge >= 0.3 is 11.9 Å². The third-order valence-electron chi connectivity index (χ3n) is 4.32. The Bertz CT molecular complexity index is 904. The number of hydrogen-bond donors (Lipinski definition) is 1. The second kappa shape index (κ2) is 8.88. The van der Waals surface area contributed by atoms with Crippen LogP contribution in [0.2, 0.25) is 0 Å². The number of aryl methyl sites for hydroxylation is 1. The third-order valence-corrected chi connectivity index (χ3v) is 5.52. The number of carbonyl (C=O) groups excluding carboxylic acids is 3. The Morgan fingerprint density at radius 3 is 2.64 bits per heavy atom. The summed E-state index contributed by atoms with van der Waals surface area (Å²) < 4.78 is 15.3. The lowest BCUT2D eigenvalue weighted by atomic mass is 10.1. The van der Waals surface area contributed by atoms with Crippen molar-refractivity contribution in [3.05, 3.63) is 45.8 Å². The van der Waals surface area contributed by atoms with E-state index in [0.717, 1.165) is 29.7 Å². The first-order valence-corrected chi connectivity index (χ1v) is 9.78. The van der Waals surface area contributed by atoms with E-state index in [-0.39, 0.29) is 12.2 Å². The molecule has 148 valence electrons. The van der Waals surface area contributed by atoms with Crippen LogP contribution in [0.3, 0.4) is 0 Å². The van der Waals surface area contributed by atoms with Gasteiger partial charge in [0.05, 0.1) is 19.3 Å². The molecule has 1 amide bonds. The highest BCUT2D eigenvalue weighted by molar-refractivity contribution is 7.17. The molecule has 1 heterocycles. The van der Waals surface area contributed by atoms with Crippen LogP contribution in [0.1, 0.15) is 44.5 Å². The average Bonchev–Trinajstić information content (AvgIpc) is 3.26. The topological polar surface area (TPSA) is 90.9 Å². The zero-order chi connectivity index (χ0) is 20.1. The van der Waals surface area contributed by atoms with Crippen molar-refractivity contribution in [2.75, 3.05) is 25.6 Å². The van der Waals surface area contributed by atoms with Gasteiger partial charge < -0.3 is 19.5 Å². The lowest BCUT2D eigenvalue weighted by Crippen LogP contribution is -2.22. The van der Waals surface area contributed by atoms with Gasteiger partial charge in [0.2, 0.25) is 0 Å². The van der Waals surface area contributed by atoms with Crippen molar-refractivity contribution in [1.82, 2.24) is 0 Å². The molecule has 1 N–H and O–H groups in total. The van der Waals surface area contributed by atoms with Gasteiger partial charge in [-0.3, -0.25) is 4.79 Å². The van der Waals surface area contributed by atoms with E-state index in [1.54, 1.807) is 31.2 Å². The highest BCUT2D eigenvalue weighted by Gasteiger charge is 2.28. The minimum atomic E-state index is -0.660. The maximum atomic E-state index is 12.3. The zero-order valence-electron chi connectivity index (χ0n) is 15.7. The Morgan fingerprint density at radius 2 is 1.89 bits per heavy atom. The first-order valence-electron chi connectivity index (χ1n) is 8.96. The number of benzene rings is 1. The third kappa shape index (κ3) is 4.17. The fourth-order valence-electron chi connectivity index (χ4n) is 3.10. The molecule has 0 fully saturated rings. The van der Waals surface area contributed by atoms with Gasteiger partial charge in [0.25, 0.3) is 5.91 Å². The Hall–Kier alpha value is -2.87. The Kier molecular flexibility index (Phi) is 6.30. The summed E-state index contributed by atoms with van der Waals surface area (Å²) >= 11 is 1.37. The largest absolute Gasteiger partial charge is 0.496 e. The minimum Gasteiger partial charge on any atom is -0.496 e. The van der Waals surface area contributed by atoms with Crippen LogP contribution in [-0.2, 0) is 27.1 Å². The molecular weight excluding hydrogens is 382 g/mol. The highest BCUT2D eigenvalue weighted by Crippen LogP contribution is 2.39. The van der Waals surface area contributed by atoms with Gasteiger partial charge in [-0.1, -0.05) is 12.1 Å². The van der Waals surface area contributed by atoms with Crippen molar-refractivity contribution in [2.45, 2.75) is 26.2 Å². The SMILES string of the molecule is CCOC(=O)c1c(NC(=O)COC(=O)c2ccccc2OC)sc2c1CCC2. The smallest absolute Gasteiger partial charge is 0.342 e. The van der Waals surface area contributed by atoms with E-state index >= 15 is 0 Å². The molecule has 1 aromatic carbocycles. The van der Waals surface area contributed by atoms with Crippen LogP contribution < -0.4 is 10.1 Å². The van der Waals surface area contributed by atoms with Gasteiger partial charge in [0.15, 0.2) is 6.61 Å². The Balaban J connectivity index is 1.67. The highest BCUT2D eigenvalue weighted by atomic mass is 32.1. The molecule has 0 unspecified atom stereocenters. The number of nitrogens with one attached hydrogen (secondary N) is 1. The number of para-hydroxylation sites is 1. The molecule has 0 bridgehead atoms. The van der Waals surface area contributed by atoms with E-state index in [0.29, 0.717) is 16.3 Å². The minimum absolute atomic E-state index is 0.236. The van der Waals surface area contributed by atoms with E-state index in [1.807, 2.05) is 0 Å².